The lowest BCUT2D eigenvalue weighted by molar-refractivity contribution is 0.0949. The maximum Gasteiger partial charge on any atom is 0.269 e. The van der Waals surface area contributed by atoms with Gasteiger partial charge in [0.25, 0.3) is 5.91 Å². The fourth-order valence-electron chi connectivity index (χ4n) is 1.84. The van der Waals surface area contributed by atoms with Crippen molar-refractivity contribution in [3.63, 3.8) is 0 Å². The lowest BCUT2D eigenvalue weighted by atomic mass is 10.2. The minimum Gasteiger partial charge on any atom is -0.286 e. The first kappa shape index (κ1) is 14.1. The predicted molar refractivity (Wildman–Crippen MR) is 78.1 cm³/mol. The highest BCUT2D eigenvalue weighted by Gasteiger charge is 2.10. The molecule has 3 nitrogen and oxygen atoms in total. The molecule has 0 atom stereocenters. The van der Waals surface area contributed by atoms with Crippen molar-refractivity contribution in [1.82, 2.24) is 5.43 Å². The molecule has 2 rings (SSSR count). The van der Waals surface area contributed by atoms with Gasteiger partial charge < -0.3 is 0 Å². The number of nitrogens with one attached hydrogen (secondary N) is 1. The molecule has 0 aliphatic carbocycles. The van der Waals surface area contributed by atoms with Crippen LogP contribution in [0.1, 0.15) is 22.8 Å². The van der Waals surface area contributed by atoms with Crippen LogP contribution < -0.4 is 10.4 Å². The van der Waals surface area contributed by atoms with Crippen molar-refractivity contribution in [1.29, 1.82) is 0 Å². The van der Waals surface area contributed by atoms with Gasteiger partial charge in [0.1, 0.15) is 5.82 Å². The minimum absolute atomic E-state index is 0.257. The Labute approximate surface area is 118 Å². The topological polar surface area (TPSA) is 32.3 Å². The van der Waals surface area contributed by atoms with Gasteiger partial charge >= 0.3 is 0 Å². The summed E-state index contributed by atoms with van der Waals surface area (Å²) in [5.41, 5.74) is 5.31. The number of nitrogens with zero attached hydrogens (tertiary/aromatic N) is 1. The minimum atomic E-state index is -0.354. The van der Waals surface area contributed by atoms with E-state index in [1.807, 2.05) is 38.1 Å². The van der Waals surface area contributed by atoms with E-state index in [0.29, 0.717) is 12.1 Å². The summed E-state index contributed by atoms with van der Waals surface area (Å²) in [6.45, 7) is 4.60. The van der Waals surface area contributed by atoms with Crippen LogP contribution >= 0.6 is 0 Å². The van der Waals surface area contributed by atoms with E-state index in [1.165, 1.54) is 24.3 Å². The van der Waals surface area contributed by atoms with Gasteiger partial charge in [-0.2, -0.15) is 0 Å². The highest BCUT2D eigenvalue weighted by Crippen LogP contribution is 2.13. The van der Waals surface area contributed by atoms with Gasteiger partial charge in [0, 0.05) is 12.1 Å². The van der Waals surface area contributed by atoms with Crippen LogP contribution in [0, 0.1) is 12.7 Å². The Balaban J connectivity index is 2.11. The molecule has 4 heteroatoms. The van der Waals surface area contributed by atoms with Crippen molar-refractivity contribution in [3.8, 4) is 0 Å². The summed E-state index contributed by atoms with van der Waals surface area (Å²) in [4.78, 5) is 12.1. The van der Waals surface area contributed by atoms with E-state index in [-0.39, 0.29) is 11.7 Å². The zero-order chi connectivity index (χ0) is 14.5. The molecule has 1 amide bonds. The molecule has 2 aromatic carbocycles. The Morgan fingerprint density at radius 3 is 2.25 bits per heavy atom. The first-order valence-electron chi connectivity index (χ1n) is 6.51. The molecule has 0 saturated carbocycles. The average Bonchev–Trinajstić information content (AvgIpc) is 2.46. The van der Waals surface area contributed by atoms with E-state index >= 15 is 0 Å². The van der Waals surface area contributed by atoms with Gasteiger partial charge in [0.05, 0.1) is 5.69 Å². The summed E-state index contributed by atoms with van der Waals surface area (Å²) in [5, 5.41) is 1.76. The summed E-state index contributed by atoms with van der Waals surface area (Å²) in [5.74, 6) is -0.611. The summed E-state index contributed by atoms with van der Waals surface area (Å²) in [6.07, 6.45) is 0. The third kappa shape index (κ3) is 3.35. The molecular formula is C16H17FN2O. The molecule has 0 unspecified atom stereocenters. The van der Waals surface area contributed by atoms with Crippen LogP contribution in [0.5, 0.6) is 0 Å². The molecular weight excluding hydrogens is 255 g/mol. The molecule has 0 aliphatic heterocycles. The summed E-state index contributed by atoms with van der Waals surface area (Å²) >= 11 is 0. The maximum absolute atomic E-state index is 12.8. The number of aryl methyl sites for hydroxylation is 1. The van der Waals surface area contributed by atoms with Gasteiger partial charge in [-0.25, -0.2) is 4.39 Å². The quantitative estimate of drug-likeness (QED) is 0.866. The van der Waals surface area contributed by atoms with E-state index in [0.717, 1.165) is 11.3 Å². The van der Waals surface area contributed by atoms with Crippen molar-refractivity contribution in [3.05, 3.63) is 65.5 Å². The number of hydrazine groups is 1. The van der Waals surface area contributed by atoms with Crippen molar-refractivity contribution < 1.29 is 9.18 Å². The van der Waals surface area contributed by atoms with Crippen LogP contribution in [-0.4, -0.2) is 12.5 Å². The van der Waals surface area contributed by atoms with E-state index in [1.54, 1.807) is 5.01 Å². The van der Waals surface area contributed by atoms with Gasteiger partial charge in [-0.3, -0.25) is 15.2 Å². The first-order chi connectivity index (χ1) is 9.60. The monoisotopic (exact) mass is 272 g/mol. The first-order valence-corrected chi connectivity index (χ1v) is 6.51. The molecule has 104 valence electrons. The zero-order valence-corrected chi connectivity index (χ0v) is 11.6. The van der Waals surface area contributed by atoms with Gasteiger partial charge in [0.15, 0.2) is 0 Å². The van der Waals surface area contributed by atoms with Crippen molar-refractivity contribution >= 4 is 11.6 Å². The highest BCUT2D eigenvalue weighted by atomic mass is 19.1. The number of carbonyl (C=O) groups excluding carboxylic acids is 1. The fraction of sp³-hybridized carbons (Fsp3) is 0.188. The standard InChI is InChI=1S/C16H17FN2O/c1-3-19(15-10-4-12(2)5-11-15)18-16(20)13-6-8-14(17)9-7-13/h4-11H,3H2,1-2H3,(H,18,20). The molecule has 0 aliphatic rings. The van der Waals surface area contributed by atoms with Crippen molar-refractivity contribution in [2.45, 2.75) is 13.8 Å². The predicted octanol–water partition coefficient (Wildman–Crippen LogP) is 3.31. The Bertz CT molecular complexity index is 578. The summed E-state index contributed by atoms with van der Waals surface area (Å²) in [7, 11) is 0. The number of hydrogen-bond acceptors (Lipinski definition) is 2. The van der Waals surface area contributed by atoms with Gasteiger partial charge in [-0.1, -0.05) is 17.7 Å². The summed E-state index contributed by atoms with van der Waals surface area (Å²) in [6, 6.07) is 13.4. The van der Waals surface area contributed by atoms with Gasteiger partial charge in [0.2, 0.25) is 0 Å². The van der Waals surface area contributed by atoms with Crippen LogP contribution in [-0.2, 0) is 0 Å². The van der Waals surface area contributed by atoms with E-state index in [9.17, 15) is 9.18 Å². The zero-order valence-electron chi connectivity index (χ0n) is 11.6. The van der Waals surface area contributed by atoms with Crippen LogP contribution in [0.25, 0.3) is 0 Å². The normalized spacial score (nSPS) is 10.2. The van der Waals surface area contributed by atoms with Crippen molar-refractivity contribution in [2.75, 3.05) is 11.6 Å². The highest BCUT2D eigenvalue weighted by molar-refractivity contribution is 5.95. The number of amides is 1. The van der Waals surface area contributed by atoms with Crippen LogP contribution in [0.15, 0.2) is 48.5 Å². The molecule has 0 radical (unpaired) electrons. The van der Waals surface area contributed by atoms with Gasteiger partial charge in [-0.15, -0.1) is 0 Å². The van der Waals surface area contributed by atoms with Crippen LogP contribution in [0.2, 0.25) is 0 Å². The Kier molecular flexibility index (Phi) is 4.35. The Morgan fingerprint density at radius 2 is 1.70 bits per heavy atom. The lowest BCUT2D eigenvalue weighted by Crippen LogP contribution is -2.42. The molecule has 0 heterocycles. The lowest BCUT2D eigenvalue weighted by Gasteiger charge is -2.24. The molecule has 0 fully saturated rings. The Hall–Kier alpha value is -2.36. The van der Waals surface area contributed by atoms with E-state index in [4.69, 9.17) is 0 Å². The summed E-state index contributed by atoms with van der Waals surface area (Å²) < 4.78 is 12.8. The second-order valence-corrected chi connectivity index (χ2v) is 4.53. The third-order valence-electron chi connectivity index (χ3n) is 3.00. The van der Waals surface area contributed by atoms with Crippen LogP contribution in [0.3, 0.4) is 0 Å². The third-order valence-corrected chi connectivity index (χ3v) is 3.00. The maximum atomic E-state index is 12.8. The molecule has 0 aromatic heterocycles. The number of anilines is 1. The molecule has 1 N–H and O–H groups in total. The second-order valence-electron chi connectivity index (χ2n) is 4.53. The molecule has 0 spiro atoms. The molecule has 0 bridgehead atoms. The number of rotatable bonds is 4. The molecule has 20 heavy (non-hydrogen) atoms. The smallest absolute Gasteiger partial charge is 0.269 e. The van der Waals surface area contributed by atoms with Gasteiger partial charge in [-0.05, 0) is 50.2 Å². The SMILES string of the molecule is CCN(NC(=O)c1ccc(F)cc1)c1ccc(C)cc1. The van der Waals surface area contributed by atoms with Crippen LogP contribution in [0.4, 0.5) is 10.1 Å². The molecule has 0 saturated heterocycles. The fourth-order valence-corrected chi connectivity index (χ4v) is 1.84. The number of halogens is 1. The Morgan fingerprint density at radius 1 is 1.10 bits per heavy atom. The van der Waals surface area contributed by atoms with E-state index in [2.05, 4.69) is 5.43 Å². The number of hydrogen-bond donors (Lipinski definition) is 1. The number of benzene rings is 2. The largest absolute Gasteiger partial charge is 0.286 e. The molecule has 2 aromatic rings. The average molecular weight is 272 g/mol. The van der Waals surface area contributed by atoms with Crippen molar-refractivity contribution in [2.24, 2.45) is 0 Å². The second kappa shape index (κ2) is 6.19. The number of carbonyl (C=O) groups is 1. The van der Waals surface area contributed by atoms with E-state index < -0.39 is 0 Å².